The van der Waals surface area contributed by atoms with E-state index in [9.17, 15) is 9.59 Å². The minimum atomic E-state index is -0.0750. The number of para-hydroxylation sites is 2. The Balaban J connectivity index is 1.37. The first-order chi connectivity index (χ1) is 15.1. The van der Waals surface area contributed by atoms with Crippen LogP contribution >= 0.6 is 0 Å². The van der Waals surface area contributed by atoms with Crippen molar-refractivity contribution >= 4 is 17.5 Å². The molecule has 0 fully saturated rings. The Hall–Kier alpha value is -2.86. The fraction of sp³-hybridized carbons (Fsp3) is 0.440. The highest BCUT2D eigenvalue weighted by Crippen LogP contribution is 2.33. The average molecular weight is 424 g/mol. The van der Waals surface area contributed by atoms with E-state index in [-0.39, 0.29) is 30.8 Å². The van der Waals surface area contributed by atoms with Crippen LogP contribution in [0.1, 0.15) is 38.7 Å². The van der Waals surface area contributed by atoms with Gasteiger partial charge in [-0.2, -0.15) is 0 Å². The number of rotatable bonds is 10. The van der Waals surface area contributed by atoms with Gasteiger partial charge in [0, 0.05) is 32.5 Å². The van der Waals surface area contributed by atoms with Crippen LogP contribution in [-0.2, 0) is 16.1 Å². The third-order valence-electron chi connectivity index (χ3n) is 5.46. The molecule has 2 aromatic rings. The van der Waals surface area contributed by atoms with Crippen LogP contribution in [-0.4, -0.2) is 49.0 Å². The number of ether oxygens (including phenoxy) is 1. The molecule has 0 bridgehead atoms. The van der Waals surface area contributed by atoms with Crippen molar-refractivity contribution in [3.8, 4) is 5.75 Å². The minimum Gasteiger partial charge on any atom is -0.487 e. The summed E-state index contributed by atoms with van der Waals surface area (Å²) in [5, 5.41) is 2.95. The van der Waals surface area contributed by atoms with Gasteiger partial charge in [-0.25, -0.2) is 0 Å². The molecule has 0 saturated heterocycles. The van der Waals surface area contributed by atoms with Crippen LogP contribution in [0.3, 0.4) is 0 Å². The van der Waals surface area contributed by atoms with Gasteiger partial charge >= 0.3 is 0 Å². The van der Waals surface area contributed by atoms with E-state index in [4.69, 9.17) is 4.74 Å². The number of carbonyl (C=O) groups excluding carboxylic acids is 2. The summed E-state index contributed by atoms with van der Waals surface area (Å²) in [6, 6.07) is 17.9. The highest BCUT2D eigenvalue weighted by Gasteiger charge is 2.27. The standard InChI is InChI=1S/C25H33N3O3/c1-3-27(19-21-10-5-4-6-11-21)17-9-16-26-24(29)14-15-25(30)28-18-20(2)31-23-13-8-7-12-22(23)28/h4-8,10-13,20H,3,9,14-19H2,1-2H3,(H,26,29)/t20-/m0/s1. The molecular weight excluding hydrogens is 390 g/mol. The summed E-state index contributed by atoms with van der Waals surface area (Å²) < 4.78 is 5.79. The van der Waals surface area contributed by atoms with E-state index in [1.54, 1.807) is 4.90 Å². The van der Waals surface area contributed by atoms with E-state index in [0.717, 1.165) is 37.5 Å². The van der Waals surface area contributed by atoms with Crippen LogP contribution in [0.15, 0.2) is 54.6 Å². The van der Waals surface area contributed by atoms with Crippen LogP contribution in [0.4, 0.5) is 5.69 Å². The summed E-state index contributed by atoms with van der Waals surface area (Å²) >= 11 is 0. The van der Waals surface area contributed by atoms with E-state index in [1.807, 2.05) is 37.3 Å². The van der Waals surface area contributed by atoms with Crippen molar-refractivity contribution in [1.82, 2.24) is 10.2 Å². The highest BCUT2D eigenvalue weighted by molar-refractivity contribution is 5.97. The van der Waals surface area contributed by atoms with Crippen molar-refractivity contribution in [2.75, 3.05) is 31.1 Å². The fourth-order valence-corrected chi connectivity index (χ4v) is 3.79. The van der Waals surface area contributed by atoms with E-state index in [0.29, 0.717) is 13.1 Å². The van der Waals surface area contributed by atoms with Crippen molar-refractivity contribution in [1.29, 1.82) is 0 Å². The Labute approximate surface area is 185 Å². The van der Waals surface area contributed by atoms with Crippen LogP contribution < -0.4 is 15.0 Å². The van der Waals surface area contributed by atoms with Crippen LogP contribution in [0.25, 0.3) is 0 Å². The molecule has 0 aromatic heterocycles. The molecule has 1 atom stereocenters. The first-order valence-electron chi connectivity index (χ1n) is 11.2. The number of amides is 2. The second-order valence-corrected chi connectivity index (χ2v) is 7.96. The van der Waals surface area contributed by atoms with Gasteiger partial charge in [-0.05, 0) is 37.6 Å². The lowest BCUT2D eigenvalue weighted by molar-refractivity contribution is -0.125. The topological polar surface area (TPSA) is 61.9 Å². The summed E-state index contributed by atoms with van der Waals surface area (Å²) in [6.07, 6.45) is 1.22. The van der Waals surface area contributed by atoms with E-state index in [2.05, 4.69) is 41.4 Å². The predicted molar refractivity (Wildman–Crippen MR) is 123 cm³/mol. The van der Waals surface area contributed by atoms with Gasteiger partial charge < -0.3 is 15.0 Å². The zero-order valence-electron chi connectivity index (χ0n) is 18.5. The fourth-order valence-electron chi connectivity index (χ4n) is 3.79. The van der Waals surface area contributed by atoms with Gasteiger partial charge in [0.15, 0.2) is 0 Å². The lowest BCUT2D eigenvalue weighted by Gasteiger charge is -2.33. The molecule has 2 aromatic carbocycles. The molecule has 1 aliphatic rings. The van der Waals surface area contributed by atoms with Crippen molar-refractivity contribution in [2.24, 2.45) is 0 Å². The highest BCUT2D eigenvalue weighted by atomic mass is 16.5. The quantitative estimate of drug-likeness (QED) is 0.593. The average Bonchev–Trinajstić information content (AvgIpc) is 2.79. The Morgan fingerprint density at radius 1 is 1.10 bits per heavy atom. The molecule has 2 amide bonds. The Morgan fingerprint density at radius 2 is 1.84 bits per heavy atom. The van der Waals surface area contributed by atoms with Crippen molar-refractivity contribution in [3.05, 3.63) is 60.2 Å². The zero-order valence-corrected chi connectivity index (χ0v) is 18.5. The summed E-state index contributed by atoms with van der Waals surface area (Å²) in [5.74, 6) is 0.599. The van der Waals surface area contributed by atoms with Crippen LogP contribution in [0.5, 0.6) is 5.75 Å². The number of hydrogen-bond acceptors (Lipinski definition) is 4. The maximum atomic E-state index is 12.7. The van der Waals surface area contributed by atoms with Gasteiger partial charge in [0.25, 0.3) is 0 Å². The van der Waals surface area contributed by atoms with Gasteiger partial charge in [-0.3, -0.25) is 14.5 Å². The first-order valence-corrected chi connectivity index (χ1v) is 11.2. The predicted octanol–water partition coefficient (Wildman–Crippen LogP) is 3.61. The maximum absolute atomic E-state index is 12.7. The third-order valence-corrected chi connectivity index (χ3v) is 5.46. The van der Waals surface area contributed by atoms with E-state index >= 15 is 0 Å². The van der Waals surface area contributed by atoms with Crippen molar-refractivity contribution < 1.29 is 14.3 Å². The van der Waals surface area contributed by atoms with Crippen molar-refractivity contribution in [2.45, 2.75) is 45.8 Å². The number of anilines is 1. The maximum Gasteiger partial charge on any atom is 0.227 e. The SMILES string of the molecule is CCN(CCCNC(=O)CCC(=O)N1C[C@H](C)Oc2ccccc21)Cc1ccccc1. The molecule has 31 heavy (non-hydrogen) atoms. The lowest BCUT2D eigenvalue weighted by atomic mass is 10.1. The second-order valence-electron chi connectivity index (χ2n) is 7.96. The van der Waals surface area contributed by atoms with Gasteiger partial charge in [-0.15, -0.1) is 0 Å². The first kappa shape index (κ1) is 22.8. The number of carbonyl (C=O) groups is 2. The molecule has 1 N–H and O–H groups in total. The summed E-state index contributed by atoms with van der Waals surface area (Å²) in [7, 11) is 0. The number of hydrogen-bond donors (Lipinski definition) is 1. The summed E-state index contributed by atoms with van der Waals surface area (Å²) in [5.41, 5.74) is 2.08. The van der Waals surface area contributed by atoms with Gasteiger partial charge in [-0.1, -0.05) is 49.4 Å². The van der Waals surface area contributed by atoms with Crippen LogP contribution in [0, 0.1) is 0 Å². The molecule has 1 aliphatic heterocycles. The molecule has 0 spiro atoms. The lowest BCUT2D eigenvalue weighted by Crippen LogP contribution is -2.42. The smallest absolute Gasteiger partial charge is 0.227 e. The number of nitrogens with zero attached hydrogens (tertiary/aromatic N) is 2. The van der Waals surface area contributed by atoms with Crippen LogP contribution in [0.2, 0.25) is 0 Å². The molecule has 3 rings (SSSR count). The van der Waals surface area contributed by atoms with E-state index in [1.165, 1.54) is 5.56 Å². The molecule has 0 radical (unpaired) electrons. The monoisotopic (exact) mass is 423 g/mol. The van der Waals surface area contributed by atoms with Gasteiger partial charge in [0.05, 0.1) is 12.2 Å². The molecular formula is C25H33N3O3. The Bertz CT molecular complexity index is 856. The molecule has 0 aliphatic carbocycles. The van der Waals surface area contributed by atoms with Gasteiger partial charge in [0.2, 0.25) is 11.8 Å². The largest absolute Gasteiger partial charge is 0.487 e. The third kappa shape index (κ3) is 6.82. The molecule has 0 unspecified atom stereocenters. The van der Waals surface area contributed by atoms with Gasteiger partial charge in [0.1, 0.15) is 11.9 Å². The van der Waals surface area contributed by atoms with Crippen molar-refractivity contribution in [3.63, 3.8) is 0 Å². The molecule has 6 nitrogen and oxygen atoms in total. The molecule has 1 heterocycles. The summed E-state index contributed by atoms with van der Waals surface area (Å²) in [6.45, 7) is 8.03. The number of benzene rings is 2. The molecule has 166 valence electrons. The normalized spacial score (nSPS) is 15.3. The second kappa shape index (κ2) is 11.5. The number of nitrogens with one attached hydrogen (secondary N) is 1. The Morgan fingerprint density at radius 3 is 2.61 bits per heavy atom. The Kier molecular flexibility index (Phi) is 8.47. The number of fused-ring (bicyclic) bond motifs is 1. The molecule has 6 heteroatoms. The zero-order chi connectivity index (χ0) is 22.1. The van der Waals surface area contributed by atoms with E-state index < -0.39 is 0 Å². The molecule has 0 saturated carbocycles. The minimum absolute atomic E-state index is 0.0437. The summed E-state index contributed by atoms with van der Waals surface area (Å²) in [4.78, 5) is 29.1.